The van der Waals surface area contributed by atoms with Gasteiger partial charge in [-0.15, -0.1) is 0 Å². The topological polar surface area (TPSA) is 52.2 Å². The number of hydrogen-bond acceptors (Lipinski definition) is 5. The molecule has 1 N–H and O–H groups in total. The molecule has 2 aliphatic rings. The van der Waals surface area contributed by atoms with Crippen LogP contribution in [0, 0.1) is 0 Å². The predicted octanol–water partition coefficient (Wildman–Crippen LogP) is 4.08. The minimum Gasteiger partial charge on any atom is -0.493 e. The minimum atomic E-state index is -0.538. The van der Waals surface area contributed by atoms with Crippen molar-refractivity contribution in [1.82, 2.24) is 10.2 Å². The Morgan fingerprint density at radius 3 is 2.70 bits per heavy atom. The highest BCUT2D eigenvalue weighted by Gasteiger charge is 2.48. The summed E-state index contributed by atoms with van der Waals surface area (Å²) >= 11 is 5.73. The van der Waals surface area contributed by atoms with Crippen molar-refractivity contribution in [3.05, 3.63) is 47.5 Å². The SMILES string of the molecule is CCOc1cccc2c1OC1(C)CC2NC(=S)N1CCc1ccc(OC)c(OC)c1. The molecule has 2 aromatic carbocycles. The van der Waals surface area contributed by atoms with E-state index in [0.717, 1.165) is 53.5 Å². The number of nitrogens with zero attached hydrogens (tertiary/aromatic N) is 1. The quantitative estimate of drug-likeness (QED) is 0.667. The Hall–Kier alpha value is -2.67. The van der Waals surface area contributed by atoms with Crippen LogP contribution in [-0.4, -0.2) is 43.1 Å². The molecular weight excluding hydrogens is 400 g/mol. The number of methoxy groups -OCH3 is 2. The Labute approximate surface area is 183 Å². The van der Waals surface area contributed by atoms with Crippen LogP contribution in [0.2, 0.25) is 0 Å². The summed E-state index contributed by atoms with van der Waals surface area (Å²) < 4.78 is 23.2. The van der Waals surface area contributed by atoms with Gasteiger partial charge in [0.25, 0.3) is 0 Å². The zero-order valence-corrected chi connectivity index (χ0v) is 18.7. The summed E-state index contributed by atoms with van der Waals surface area (Å²) in [5.74, 6) is 3.04. The van der Waals surface area contributed by atoms with Gasteiger partial charge >= 0.3 is 0 Å². The molecule has 4 rings (SSSR count). The highest BCUT2D eigenvalue weighted by atomic mass is 32.1. The minimum absolute atomic E-state index is 0.115. The van der Waals surface area contributed by atoms with E-state index in [-0.39, 0.29) is 6.04 Å². The van der Waals surface area contributed by atoms with Crippen LogP contribution in [0.1, 0.15) is 37.4 Å². The first kappa shape index (κ1) is 20.6. The van der Waals surface area contributed by atoms with Crippen LogP contribution in [0.5, 0.6) is 23.0 Å². The highest BCUT2D eigenvalue weighted by Crippen LogP contribution is 2.48. The Morgan fingerprint density at radius 1 is 1.17 bits per heavy atom. The molecule has 2 atom stereocenters. The van der Waals surface area contributed by atoms with E-state index in [2.05, 4.69) is 29.3 Å². The van der Waals surface area contributed by atoms with Crippen LogP contribution < -0.4 is 24.3 Å². The lowest BCUT2D eigenvalue weighted by atomic mass is 9.90. The maximum absolute atomic E-state index is 6.56. The fourth-order valence-electron chi connectivity index (χ4n) is 4.29. The van der Waals surface area contributed by atoms with Crippen LogP contribution in [0.15, 0.2) is 36.4 Å². The zero-order chi connectivity index (χ0) is 21.3. The molecule has 0 radical (unpaired) electrons. The van der Waals surface area contributed by atoms with Gasteiger partial charge < -0.3 is 29.2 Å². The Morgan fingerprint density at radius 2 is 1.97 bits per heavy atom. The number of thiocarbonyl (C=S) groups is 1. The molecule has 6 nitrogen and oxygen atoms in total. The number of fused-ring (bicyclic) bond motifs is 4. The lowest BCUT2D eigenvalue weighted by molar-refractivity contribution is -0.0693. The van der Waals surface area contributed by atoms with Crippen LogP contribution in [0.3, 0.4) is 0 Å². The van der Waals surface area contributed by atoms with Gasteiger partial charge in [0.1, 0.15) is 0 Å². The van der Waals surface area contributed by atoms with Crippen LogP contribution >= 0.6 is 12.2 Å². The van der Waals surface area contributed by atoms with Gasteiger partial charge in [-0.25, -0.2) is 0 Å². The molecule has 2 heterocycles. The molecule has 30 heavy (non-hydrogen) atoms. The maximum atomic E-state index is 6.56. The van der Waals surface area contributed by atoms with E-state index in [0.29, 0.717) is 11.7 Å². The van der Waals surface area contributed by atoms with E-state index >= 15 is 0 Å². The third kappa shape index (κ3) is 3.62. The molecule has 160 valence electrons. The van der Waals surface area contributed by atoms with Crippen LogP contribution in [-0.2, 0) is 6.42 Å². The van der Waals surface area contributed by atoms with E-state index in [1.807, 2.05) is 31.2 Å². The van der Waals surface area contributed by atoms with Gasteiger partial charge in [-0.1, -0.05) is 18.2 Å². The molecule has 2 aromatic rings. The van der Waals surface area contributed by atoms with E-state index in [9.17, 15) is 0 Å². The Bertz CT molecular complexity index is 951. The molecule has 0 saturated carbocycles. The van der Waals surface area contributed by atoms with Crippen LogP contribution in [0.25, 0.3) is 0 Å². The summed E-state index contributed by atoms with van der Waals surface area (Å²) in [6.07, 6.45) is 1.60. The third-order valence-corrected chi connectivity index (χ3v) is 6.11. The van der Waals surface area contributed by atoms with Gasteiger partial charge in [-0.3, -0.25) is 0 Å². The van der Waals surface area contributed by atoms with Gasteiger partial charge in [0.15, 0.2) is 33.8 Å². The lowest BCUT2D eigenvalue weighted by Crippen LogP contribution is -2.64. The molecule has 0 amide bonds. The van der Waals surface area contributed by atoms with E-state index in [1.165, 1.54) is 0 Å². The smallest absolute Gasteiger partial charge is 0.184 e. The van der Waals surface area contributed by atoms with Crippen molar-refractivity contribution in [3.63, 3.8) is 0 Å². The number of para-hydroxylation sites is 1. The molecule has 2 aliphatic heterocycles. The lowest BCUT2D eigenvalue weighted by Gasteiger charge is -2.52. The molecule has 2 bridgehead atoms. The monoisotopic (exact) mass is 428 g/mol. The summed E-state index contributed by atoms with van der Waals surface area (Å²) in [6, 6.07) is 12.1. The van der Waals surface area contributed by atoms with Crippen molar-refractivity contribution >= 4 is 17.3 Å². The normalized spacial score (nSPS) is 21.9. The fraction of sp³-hybridized carbons (Fsp3) is 0.435. The van der Waals surface area contributed by atoms with Crippen molar-refractivity contribution in [2.45, 2.75) is 38.5 Å². The second-order valence-electron chi connectivity index (χ2n) is 7.68. The second kappa shape index (κ2) is 8.22. The van der Waals surface area contributed by atoms with Crippen molar-refractivity contribution in [1.29, 1.82) is 0 Å². The second-order valence-corrected chi connectivity index (χ2v) is 8.07. The van der Waals surface area contributed by atoms with Gasteiger partial charge in [-0.2, -0.15) is 0 Å². The largest absolute Gasteiger partial charge is 0.493 e. The number of rotatable bonds is 7. The van der Waals surface area contributed by atoms with Crippen molar-refractivity contribution in [3.8, 4) is 23.0 Å². The van der Waals surface area contributed by atoms with Crippen molar-refractivity contribution < 1.29 is 18.9 Å². The number of hydrogen-bond donors (Lipinski definition) is 1. The first-order valence-electron chi connectivity index (χ1n) is 10.2. The fourth-order valence-corrected chi connectivity index (χ4v) is 4.71. The summed E-state index contributed by atoms with van der Waals surface area (Å²) in [4.78, 5) is 2.14. The third-order valence-electron chi connectivity index (χ3n) is 5.78. The van der Waals surface area contributed by atoms with E-state index in [1.54, 1.807) is 14.2 Å². The summed E-state index contributed by atoms with van der Waals surface area (Å²) in [5, 5.41) is 4.21. The van der Waals surface area contributed by atoms with Crippen LogP contribution in [0.4, 0.5) is 0 Å². The standard InChI is InChI=1S/C23H28N2O4S/c1-5-28-19-8-6-7-16-17-14-23(2,29-21(16)19)25(22(30)24-17)12-11-15-9-10-18(26-3)20(13-15)27-4/h6-10,13,17H,5,11-12,14H2,1-4H3,(H,24,30). The van der Waals surface area contributed by atoms with Gasteiger partial charge in [-0.05, 0) is 56.2 Å². The van der Waals surface area contributed by atoms with E-state index in [4.69, 9.17) is 31.2 Å². The summed E-state index contributed by atoms with van der Waals surface area (Å²) in [6.45, 7) is 5.40. The Kier molecular flexibility index (Phi) is 5.64. The summed E-state index contributed by atoms with van der Waals surface area (Å²) in [5.41, 5.74) is 1.71. The first-order valence-corrected chi connectivity index (χ1v) is 10.6. The summed E-state index contributed by atoms with van der Waals surface area (Å²) in [7, 11) is 3.29. The average Bonchev–Trinajstić information content (AvgIpc) is 2.73. The highest BCUT2D eigenvalue weighted by molar-refractivity contribution is 7.80. The number of benzene rings is 2. The molecular formula is C23H28N2O4S. The molecule has 1 fully saturated rings. The average molecular weight is 429 g/mol. The Balaban J connectivity index is 1.57. The molecule has 0 spiro atoms. The molecule has 1 saturated heterocycles. The number of nitrogens with one attached hydrogen (secondary N) is 1. The van der Waals surface area contributed by atoms with Crippen molar-refractivity contribution in [2.24, 2.45) is 0 Å². The predicted molar refractivity (Wildman–Crippen MR) is 120 cm³/mol. The first-order chi connectivity index (χ1) is 14.5. The molecule has 0 aromatic heterocycles. The van der Waals surface area contributed by atoms with Gasteiger partial charge in [0, 0.05) is 18.5 Å². The molecule has 7 heteroatoms. The maximum Gasteiger partial charge on any atom is 0.184 e. The molecule has 2 unspecified atom stereocenters. The zero-order valence-electron chi connectivity index (χ0n) is 17.9. The molecule has 0 aliphatic carbocycles. The number of ether oxygens (including phenoxy) is 4. The van der Waals surface area contributed by atoms with Gasteiger partial charge in [0.2, 0.25) is 0 Å². The van der Waals surface area contributed by atoms with Crippen molar-refractivity contribution in [2.75, 3.05) is 27.4 Å². The van der Waals surface area contributed by atoms with E-state index < -0.39 is 5.72 Å². The van der Waals surface area contributed by atoms with Gasteiger partial charge in [0.05, 0.1) is 26.9 Å².